The minimum Gasteiger partial charge on any atom is -0.494 e. The lowest BCUT2D eigenvalue weighted by Crippen LogP contribution is -2.08. The predicted octanol–water partition coefficient (Wildman–Crippen LogP) is 38.2. The van der Waals surface area contributed by atoms with Crippen molar-refractivity contribution in [2.24, 2.45) is 23.7 Å². The van der Waals surface area contributed by atoms with Crippen molar-refractivity contribution in [2.75, 3.05) is 119 Å². The molecule has 12 nitrogen and oxygen atoms in total. The zero-order chi connectivity index (χ0) is 97.0. The Bertz CT molecular complexity index is 3440. The van der Waals surface area contributed by atoms with Crippen LogP contribution in [-0.4, -0.2) is 119 Å². The Morgan fingerprint density at radius 1 is 0.138 bits per heavy atom. The molecule has 0 saturated heterocycles. The molecule has 0 saturated carbocycles. The largest absolute Gasteiger partial charge is 0.494 e. The fourth-order valence-electron chi connectivity index (χ4n) is 16.6. The van der Waals surface area contributed by atoms with Crippen LogP contribution in [0.25, 0.3) is 33.4 Å². The van der Waals surface area contributed by atoms with Crippen LogP contribution in [0.15, 0.2) is 146 Å². The van der Waals surface area contributed by atoms with E-state index in [2.05, 4.69) is 215 Å². The lowest BCUT2D eigenvalue weighted by atomic mass is 10.0. The normalized spacial score (nSPS) is 12.0. The van der Waals surface area contributed by atoms with Gasteiger partial charge in [-0.15, -0.1) is 0 Å². The molecule has 4 atom stereocenters. The quantitative estimate of drug-likeness (QED) is 0.0339. The van der Waals surface area contributed by atoms with Gasteiger partial charge in [0.15, 0.2) is 0 Å². The van der Waals surface area contributed by atoms with Gasteiger partial charge in [-0.2, -0.15) is 0 Å². The number of ether oxygens (including phenoxy) is 12. The lowest BCUT2D eigenvalue weighted by molar-refractivity contribution is 0.114. The van der Waals surface area contributed by atoms with Crippen LogP contribution in [0, 0.1) is 23.7 Å². The predicted molar refractivity (Wildman–Crippen MR) is 596 cm³/mol. The molecule has 0 fully saturated rings. The van der Waals surface area contributed by atoms with E-state index >= 15 is 0 Å². The molecule has 0 aliphatic carbocycles. The average molecular weight is 1920 g/mol. The molecule has 790 valence electrons. The summed E-state index contributed by atoms with van der Waals surface area (Å²) in [6.07, 6.45) is 71.4. The average Bonchev–Trinajstić information content (AvgIpc) is 0.862. The summed E-state index contributed by atoms with van der Waals surface area (Å²) in [5.41, 5.74) is 7.15. The zero-order valence-electron chi connectivity index (χ0n) is 89.4. The first-order valence-electron chi connectivity index (χ1n) is 56.9. The van der Waals surface area contributed by atoms with Gasteiger partial charge in [0.25, 0.3) is 0 Å². The molecule has 0 N–H and O–H groups in total. The minimum atomic E-state index is 0. The van der Waals surface area contributed by atoms with E-state index in [-0.39, 0.29) is 14.9 Å². The van der Waals surface area contributed by atoms with E-state index in [1.807, 2.05) is 0 Å². The van der Waals surface area contributed by atoms with Crippen molar-refractivity contribution >= 4 is 0 Å². The Hall–Kier alpha value is -6.12. The molecule has 12 heteroatoms. The van der Waals surface area contributed by atoms with Gasteiger partial charge in [-0.1, -0.05) is 388 Å². The first-order valence-corrected chi connectivity index (χ1v) is 56.9. The van der Waals surface area contributed by atoms with E-state index in [0.29, 0.717) is 23.7 Å². The topological polar surface area (TPSA) is 111 Å². The van der Waals surface area contributed by atoms with Gasteiger partial charge in [-0.3, -0.25) is 0 Å². The van der Waals surface area contributed by atoms with Crippen molar-refractivity contribution < 1.29 is 56.8 Å². The summed E-state index contributed by atoms with van der Waals surface area (Å²) in [6, 6.07) is 50.6. The van der Waals surface area contributed by atoms with Crippen molar-refractivity contribution in [1.29, 1.82) is 0 Å². The zero-order valence-corrected chi connectivity index (χ0v) is 89.4. The number of hydrogen-bond acceptors (Lipinski definition) is 12. The van der Waals surface area contributed by atoms with Crippen LogP contribution < -0.4 is 28.4 Å². The van der Waals surface area contributed by atoms with Crippen LogP contribution >= 0.6 is 0 Å². The second-order valence-electron chi connectivity index (χ2n) is 39.5. The van der Waals surface area contributed by atoms with Gasteiger partial charge in [-0.05, 0) is 258 Å². The molecule has 138 heavy (non-hydrogen) atoms. The molecular formula is C126H214O12. The van der Waals surface area contributed by atoms with Gasteiger partial charge in [0.05, 0.1) is 39.6 Å². The SMILES string of the molecule is C.C.CCCCCCCCCCOCCC(C)CCOc1ccc(-c2ccc(OCCC(C)CCOCCCCCCCC)cc2)cc1.CCCCCCCCCCOCCCCCOc1ccc(-c2ccc(OCCC(C)CCOCCCCCCCCCC)cc2)cc1.CCCCCCCCOCCCCCOc1ccc(-c2ccc(OCCC(C)CCOCCCCCCCC)cc2)cc1. The second kappa shape index (κ2) is 95.7. The molecule has 6 aromatic carbocycles. The van der Waals surface area contributed by atoms with Crippen LogP contribution in [0.1, 0.15) is 444 Å². The van der Waals surface area contributed by atoms with Crippen LogP contribution in [-0.2, 0) is 28.4 Å². The molecule has 6 rings (SSSR count). The molecule has 0 heterocycles. The van der Waals surface area contributed by atoms with E-state index in [0.717, 1.165) is 243 Å². The summed E-state index contributed by atoms with van der Waals surface area (Å²) in [5.74, 6) is 8.04. The van der Waals surface area contributed by atoms with Gasteiger partial charge >= 0.3 is 0 Å². The smallest absolute Gasteiger partial charge is 0.119 e. The third-order valence-corrected chi connectivity index (χ3v) is 26.4. The summed E-state index contributed by atoms with van der Waals surface area (Å²) in [4.78, 5) is 0. The summed E-state index contributed by atoms with van der Waals surface area (Å²) >= 11 is 0. The standard InChI is InChI=1S/C43H72O4.C42H70O4.C39H64O4.2CH4/c1-4-6-8-10-12-14-16-19-33-44-34-21-18-22-36-46-42-27-23-40(24-28-42)41-25-29-43(30-26-41)47-38-32-39(3)31-37-45-35-20-17-15-13-11-9-7-5-2;1-5-7-9-11-13-14-16-18-32-44-34-28-38(4)30-36-46-42-25-21-40(22-26-42)39-19-23-41(24-20-39)45-35-29-37(3)27-33-43-31-17-15-12-10-8-6-2;1-4-6-8-10-12-15-29-40-30-17-14-18-32-42-38-23-19-36(20-24-38)37-21-25-39(26-22-37)43-34-28-35(3)27-33-41-31-16-13-11-9-7-5-2;;/h23-30,39H,4-22,31-38H2,1-3H3;19-26,37-38H,5-18,27-36H2,1-4H3;19-26,35H,4-18,27-34H2,1-3H3;2*1H4. The Labute approximate surface area is 851 Å². The van der Waals surface area contributed by atoms with Crippen LogP contribution in [0.3, 0.4) is 0 Å². The maximum absolute atomic E-state index is 6.05. The van der Waals surface area contributed by atoms with Gasteiger partial charge in [0.1, 0.15) is 34.5 Å². The molecule has 0 aliphatic rings. The van der Waals surface area contributed by atoms with Crippen LogP contribution in [0.4, 0.5) is 0 Å². The van der Waals surface area contributed by atoms with Gasteiger partial charge in [-0.25, -0.2) is 0 Å². The van der Waals surface area contributed by atoms with E-state index in [1.54, 1.807) is 0 Å². The molecular weight excluding hydrogens is 1710 g/mol. The van der Waals surface area contributed by atoms with Crippen molar-refractivity contribution in [1.82, 2.24) is 0 Å². The van der Waals surface area contributed by atoms with E-state index in [1.165, 1.54) is 303 Å². The molecule has 0 aromatic heterocycles. The monoisotopic (exact) mass is 1920 g/mol. The molecule has 0 aliphatic heterocycles. The lowest BCUT2D eigenvalue weighted by Gasteiger charge is -2.13. The van der Waals surface area contributed by atoms with Gasteiger partial charge in [0.2, 0.25) is 0 Å². The number of unbranched alkanes of at least 4 members (excludes halogenated alkanes) is 40. The molecule has 0 spiro atoms. The first-order chi connectivity index (χ1) is 67.1. The van der Waals surface area contributed by atoms with Crippen molar-refractivity contribution in [3.05, 3.63) is 146 Å². The first kappa shape index (κ1) is 128. The fraction of sp³-hybridized carbons (Fsp3) is 0.714. The highest BCUT2D eigenvalue weighted by molar-refractivity contribution is 5.67. The third-order valence-electron chi connectivity index (χ3n) is 26.4. The molecule has 0 amide bonds. The summed E-state index contributed by atoms with van der Waals surface area (Å²) in [5, 5.41) is 0. The highest BCUT2D eigenvalue weighted by Crippen LogP contribution is 2.31. The summed E-state index contributed by atoms with van der Waals surface area (Å²) in [7, 11) is 0. The maximum Gasteiger partial charge on any atom is 0.119 e. The van der Waals surface area contributed by atoms with Crippen molar-refractivity contribution in [3.8, 4) is 67.9 Å². The highest BCUT2D eigenvalue weighted by atomic mass is 16.5. The van der Waals surface area contributed by atoms with Crippen LogP contribution in [0.2, 0.25) is 0 Å². The molecule has 6 aromatic rings. The van der Waals surface area contributed by atoms with E-state index < -0.39 is 0 Å². The number of hydrogen-bond donors (Lipinski definition) is 0. The highest BCUT2D eigenvalue weighted by Gasteiger charge is 2.12. The number of rotatable bonds is 93. The van der Waals surface area contributed by atoms with Crippen molar-refractivity contribution in [2.45, 2.75) is 444 Å². The number of benzene rings is 6. The Balaban J connectivity index is 0.000000696. The summed E-state index contributed by atoms with van der Waals surface area (Å²) in [6.45, 7) is 38.0. The summed E-state index contributed by atoms with van der Waals surface area (Å²) < 4.78 is 71.2. The third kappa shape index (κ3) is 74.8. The Morgan fingerprint density at radius 2 is 0.254 bits per heavy atom. The van der Waals surface area contributed by atoms with Crippen LogP contribution in [0.5, 0.6) is 34.5 Å². The Morgan fingerprint density at radius 3 is 0.413 bits per heavy atom. The molecule has 4 unspecified atom stereocenters. The fourth-order valence-corrected chi connectivity index (χ4v) is 16.6. The second-order valence-corrected chi connectivity index (χ2v) is 39.5. The molecule has 0 bridgehead atoms. The maximum atomic E-state index is 6.05. The van der Waals surface area contributed by atoms with Crippen molar-refractivity contribution in [3.63, 3.8) is 0 Å². The van der Waals surface area contributed by atoms with E-state index in [4.69, 9.17) is 56.8 Å². The van der Waals surface area contributed by atoms with E-state index in [9.17, 15) is 0 Å². The molecule has 0 radical (unpaired) electrons. The van der Waals surface area contributed by atoms with Gasteiger partial charge in [0, 0.05) is 79.3 Å². The minimum absolute atomic E-state index is 0. The van der Waals surface area contributed by atoms with Gasteiger partial charge < -0.3 is 56.8 Å². The Kier molecular flexibility index (Phi) is 88.7.